The molecule has 0 unspecified atom stereocenters. The molecule has 0 saturated carbocycles. The maximum atomic E-state index is 11.7. The predicted octanol–water partition coefficient (Wildman–Crippen LogP) is 3.68. The van der Waals surface area contributed by atoms with Crippen LogP contribution >= 0.6 is 23.1 Å². The lowest BCUT2D eigenvalue weighted by Crippen LogP contribution is -2.14. The van der Waals surface area contributed by atoms with Crippen molar-refractivity contribution < 1.29 is 14.7 Å². The molecule has 0 atom stereocenters. The lowest BCUT2D eigenvalue weighted by molar-refractivity contribution is -0.113. The number of nitrogens with one attached hydrogen (secondary N) is 1. The third-order valence-corrected chi connectivity index (χ3v) is 4.86. The van der Waals surface area contributed by atoms with Gasteiger partial charge in [0.1, 0.15) is 4.88 Å². The molecule has 1 amide bonds. The van der Waals surface area contributed by atoms with Crippen LogP contribution in [0.5, 0.6) is 0 Å². The number of thiophene rings is 1. The van der Waals surface area contributed by atoms with E-state index in [0.717, 1.165) is 22.3 Å². The topological polar surface area (TPSA) is 66.4 Å². The molecule has 0 aliphatic carbocycles. The number of fused-ring (bicyclic) bond motifs is 1. The molecule has 0 radical (unpaired) electrons. The fraction of sp³-hybridized carbons (Fsp3) is 0.286. The summed E-state index contributed by atoms with van der Waals surface area (Å²) in [6, 6.07) is 7.07. The largest absolute Gasteiger partial charge is 0.477 e. The molecule has 0 fully saturated rings. The van der Waals surface area contributed by atoms with Crippen LogP contribution in [0.3, 0.4) is 0 Å². The summed E-state index contributed by atoms with van der Waals surface area (Å²) in [5, 5.41) is 12.6. The van der Waals surface area contributed by atoms with Gasteiger partial charge >= 0.3 is 5.97 Å². The Morgan fingerprint density at radius 1 is 1.35 bits per heavy atom. The van der Waals surface area contributed by atoms with Crippen molar-refractivity contribution in [2.75, 3.05) is 16.8 Å². The number of aromatic carboxylic acids is 1. The molecule has 1 heterocycles. The summed E-state index contributed by atoms with van der Waals surface area (Å²) in [5.74, 6) is 0.457. The van der Waals surface area contributed by atoms with E-state index < -0.39 is 5.97 Å². The van der Waals surface area contributed by atoms with Gasteiger partial charge in [-0.3, -0.25) is 4.79 Å². The first-order valence-corrected chi connectivity index (χ1v) is 8.21. The lowest BCUT2D eigenvalue weighted by Gasteiger charge is -2.04. The summed E-state index contributed by atoms with van der Waals surface area (Å²) in [6.45, 7) is 2.08. The van der Waals surface area contributed by atoms with Crippen molar-refractivity contribution in [3.63, 3.8) is 0 Å². The zero-order valence-corrected chi connectivity index (χ0v) is 12.6. The van der Waals surface area contributed by atoms with Gasteiger partial charge in [0, 0.05) is 10.4 Å². The lowest BCUT2D eigenvalue weighted by atomic mass is 10.2. The molecule has 0 aliphatic rings. The highest BCUT2D eigenvalue weighted by molar-refractivity contribution is 7.99. The van der Waals surface area contributed by atoms with Gasteiger partial charge in [0.15, 0.2) is 0 Å². The number of rotatable bonds is 6. The minimum Gasteiger partial charge on any atom is -0.477 e. The monoisotopic (exact) mass is 309 g/mol. The Labute approximate surface area is 125 Å². The number of carbonyl (C=O) groups excluding carboxylic acids is 1. The number of anilines is 1. The van der Waals surface area contributed by atoms with Gasteiger partial charge in [-0.15, -0.1) is 11.3 Å². The van der Waals surface area contributed by atoms with E-state index in [1.807, 2.05) is 6.07 Å². The maximum Gasteiger partial charge on any atom is 0.345 e. The maximum absolute atomic E-state index is 11.7. The van der Waals surface area contributed by atoms with Crippen molar-refractivity contribution in [2.45, 2.75) is 13.3 Å². The Hall–Kier alpha value is -1.53. The van der Waals surface area contributed by atoms with E-state index in [1.165, 1.54) is 11.3 Å². The van der Waals surface area contributed by atoms with Gasteiger partial charge in [-0.05, 0) is 41.8 Å². The summed E-state index contributed by atoms with van der Waals surface area (Å²) >= 11 is 2.84. The van der Waals surface area contributed by atoms with Crippen molar-refractivity contribution in [1.29, 1.82) is 0 Å². The van der Waals surface area contributed by atoms with E-state index >= 15 is 0 Å². The number of carbonyl (C=O) groups is 2. The number of hydrogen-bond donors (Lipinski definition) is 2. The standard InChI is InChI=1S/C14H15NO3S2/c1-2-5-19-8-13(16)15-10-3-4-11-9(6-10)7-12(20-11)14(17)18/h3-4,6-7H,2,5,8H2,1H3,(H,15,16)(H,17,18). The molecular weight excluding hydrogens is 294 g/mol. The van der Waals surface area contributed by atoms with E-state index in [0.29, 0.717) is 16.3 Å². The molecule has 0 aliphatic heterocycles. The number of carboxylic acids is 1. The van der Waals surface area contributed by atoms with E-state index in [1.54, 1.807) is 30.0 Å². The van der Waals surface area contributed by atoms with Crippen LogP contribution in [0, 0.1) is 0 Å². The fourth-order valence-electron chi connectivity index (χ4n) is 1.73. The van der Waals surface area contributed by atoms with Crippen molar-refractivity contribution in [1.82, 2.24) is 0 Å². The van der Waals surface area contributed by atoms with Crippen molar-refractivity contribution in [2.24, 2.45) is 0 Å². The van der Waals surface area contributed by atoms with Gasteiger partial charge in [0.2, 0.25) is 5.91 Å². The second kappa shape index (κ2) is 6.76. The number of benzene rings is 1. The summed E-state index contributed by atoms with van der Waals surface area (Å²) in [7, 11) is 0. The molecule has 1 aromatic carbocycles. The highest BCUT2D eigenvalue weighted by Gasteiger charge is 2.09. The second-order valence-electron chi connectivity index (χ2n) is 4.27. The van der Waals surface area contributed by atoms with Gasteiger partial charge in [0.25, 0.3) is 0 Å². The normalized spacial score (nSPS) is 10.7. The van der Waals surface area contributed by atoms with E-state index in [9.17, 15) is 9.59 Å². The molecular formula is C14H15NO3S2. The van der Waals surface area contributed by atoms with E-state index in [2.05, 4.69) is 12.2 Å². The average molecular weight is 309 g/mol. The summed E-state index contributed by atoms with van der Waals surface area (Å²) in [4.78, 5) is 22.9. The van der Waals surface area contributed by atoms with Crippen LogP contribution in [0.4, 0.5) is 5.69 Å². The Morgan fingerprint density at radius 2 is 2.15 bits per heavy atom. The molecule has 20 heavy (non-hydrogen) atoms. The summed E-state index contributed by atoms with van der Waals surface area (Å²) in [6.07, 6.45) is 1.05. The van der Waals surface area contributed by atoms with Crippen LogP contribution in [0.15, 0.2) is 24.3 Å². The predicted molar refractivity (Wildman–Crippen MR) is 85.0 cm³/mol. The molecule has 1 aromatic heterocycles. The molecule has 2 aromatic rings. The molecule has 6 heteroatoms. The van der Waals surface area contributed by atoms with Crippen LogP contribution in [0.2, 0.25) is 0 Å². The highest BCUT2D eigenvalue weighted by atomic mass is 32.2. The number of carboxylic acid groups (broad SMARTS) is 1. The Balaban J connectivity index is 2.07. The Kier molecular flexibility index (Phi) is 5.03. The average Bonchev–Trinajstić information content (AvgIpc) is 2.82. The van der Waals surface area contributed by atoms with Crippen molar-refractivity contribution in [3.05, 3.63) is 29.1 Å². The summed E-state index contributed by atoms with van der Waals surface area (Å²) in [5.41, 5.74) is 0.703. The smallest absolute Gasteiger partial charge is 0.345 e. The summed E-state index contributed by atoms with van der Waals surface area (Å²) < 4.78 is 0.903. The highest BCUT2D eigenvalue weighted by Crippen LogP contribution is 2.28. The second-order valence-corrected chi connectivity index (χ2v) is 6.46. The van der Waals surface area contributed by atoms with Gasteiger partial charge in [0.05, 0.1) is 5.75 Å². The first-order valence-electron chi connectivity index (χ1n) is 6.24. The molecule has 0 bridgehead atoms. The van der Waals surface area contributed by atoms with Crippen LogP contribution in [0.25, 0.3) is 10.1 Å². The SMILES string of the molecule is CCCSCC(=O)Nc1ccc2sc(C(=O)O)cc2c1. The van der Waals surface area contributed by atoms with E-state index in [-0.39, 0.29) is 5.91 Å². The third-order valence-electron chi connectivity index (χ3n) is 2.59. The number of amides is 1. The van der Waals surface area contributed by atoms with Crippen LogP contribution < -0.4 is 5.32 Å². The zero-order chi connectivity index (χ0) is 14.5. The van der Waals surface area contributed by atoms with Gasteiger partial charge in [-0.25, -0.2) is 4.79 Å². The van der Waals surface area contributed by atoms with Gasteiger partial charge < -0.3 is 10.4 Å². The molecule has 0 spiro atoms. The Bertz CT molecular complexity index is 636. The third kappa shape index (κ3) is 3.74. The van der Waals surface area contributed by atoms with Crippen LogP contribution in [-0.4, -0.2) is 28.5 Å². The van der Waals surface area contributed by atoms with Gasteiger partial charge in [-0.1, -0.05) is 6.92 Å². The van der Waals surface area contributed by atoms with E-state index in [4.69, 9.17) is 5.11 Å². The molecule has 0 saturated heterocycles. The first-order chi connectivity index (χ1) is 9.60. The molecule has 2 rings (SSSR count). The van der Waals surface area contributed by atoms with Crippen molar-refractivity contribution in [3.8, 4) is 0 Å². The minimum atomic E-state index is -0.923. The van der Waals surface area contributed by atoms with Gasteiger partial charge in [-0.2, -0.15) is 11.8 Å². The number of hydrogen-bond acceptors (Lipinski definition) is 4. The first kappa shape index (κ1) is 14.9. The quantitative estimate of drug-likeness (QED) is 0.799. The number of thioether (sulfide) groups is 1. The molecule has 2 N–H and O–H groups in total. The van der Waals surface area contributed by atoms with Crippen molar-refractivity contribution >= 4 is 50.7 Å². The molecule has 106 valence electrons. The minimum absolute atomic E-state index is 0.0310. The van der Waals surface area contributed by atoms with Crippen LogP contribution in [-0.2, 0) is 4.79 Å². The fourth-order valence-corrected chi connectivity index (χ4v) is 3.31. The Morgan fingerprint density at radius 3 is 2.85 bits per heavy atom. The van der Waals surface area contributed by atoms with Crippen LogP contribution in [0.1, 0.15) is 23.0 Å². The molecule has 4 nitrogen and oxygen atoms in total. The zero-order valence-electron chi connectivity index (χ0n) is 11.0.